The van der Waals surface area contributed by atoms with Gasteiger partial charge in [0.15, 0.2) is 5.75 Å². The SMILES string of the molecule is Cc1cnc(/N=N/c2cc(S)c3ccccc3c2O)s1. The van der Waals surface area contributed by atoms with Crippen LogP contribution in [0.2, 0.25) is 0 Å². The first kappa shape index (κ1) is 13.1. The number of azo groups is 1. The number of hydrogen-bond donors (Lipinski definition) is 2. The fourth-order valence-corrected chi connectivity index (χ4v) is 2.79. The molecule has 4 nitrogen and oxygen atoms in total. The molecule has 1 aromatic heterocycles. The maximum atomic E-state index is 10.3. The van der Waals surface area contributed by atoms with Crippen molar-refractivity contribution in [3.05, 3.63) is 41.4 Å². The van der Waals surface area contributed by atoms with Crippen LogP contribution in [-0.2, 0) is 0 Å². The average Bonchev–Trinajstić information content (AvgIpc) is 2.87. The number of aromatic nitrogens is 1. The van der Waals surface area contributed by atoms with E-state index in [-0.39, 0.29) is 5.75 Å². The van der Waals surface area contributed by atoms with Crippen LogP contribution < -0.4 is 0 Å². The van der Waals surface area contributed by atoms with Crippen molar-refractivity contribution >= 4 is 45.6 Å². The summed E-state index contributed by atoms with van der Waals surface area (Å²) in [5, 5.41) is 20.5. The Balaban J connectivity index is 2.08. The standard InChI is InChI=1S/C14H11N3OS2/c1-8-7-15-14(20-8)17-16-11-6-12(19)9-4-2-3-5-10(9)13(11)18/h2-7,18-19H,1H3/b17-16+. The van der Waals surface area contributed by atoms with E-state index in [1.165, 1.54) is 11.3 Å². The summed E-state index contributed by atoms with van der Waals surface area (Å²) in [7, 11) is 0. The van der Waals surface area contributed by atoms with Gasteiger partial charge in [0, 0.05) is 21.4 Å². The van der Waals surface area contributed by atoms with E-state index in [0.717, 1.165) is 15.2 Å². The molecule has 0 saturated heterocycles. The number of thiazole rings is 1. The van der Waals surface area contributed by atoms with Crippen LogP contribution in [0.5, 0.6) is 5.75 Å². The fourth-order valence-electron chi connectivity index (χ4n) is 1.89. The van der Waals surface area contributed by atoms with Gasteiger partial charge in [-0.15, -0.1) is 22.9 Å². The molecule has 0 spiro atoms. The summed E-state index contributed by atoms with van der Waals surface area (Å²) in [6, 6.07) is 9.20. The number of rotatable bonds is 2. The fraction of sp³-hybridized carbons (Fsp3) is 0.0714. The third-order valence-electron chi connectivity index (χ3n) is 2.83. The highest BCUT2D eigenvalue weighted by Gasteiger charge is 2.09. The summed E-state index contributed by atoms with van der Waals surface area (Å²) in [4.78, 5) is 5.92. The topological polar surface area (TPSA) is 57.8 Å². The third-order valence-corrected chi connectivity index (χ3v) is 3.99. The van der Waals surface area contributed by atoms with Crippen LogP contribution >= 0.6 is 24.0 Å². The summed E-state index contributed by atoms with van der Waals surface area (Å²) in [6.45, 7) is 1.95. The molecule has 0 saturated carbocycles. The van der Waals surface area contributed by atoms with E-state index in [1.807, 2.05) is 31.2 Å². The van der Waals surface area contributed by atoms with E-state index in [2.05, 4.69) is 27.8 Å². The molecule has 0 aliphatic carbocycles. The second kappa shape index (κ2) is 5.22. The van der Waals surface area contributed by atoms with Crippen molar-refractivity contribution in [3.63, 3.8) is 0 Å². The zero-order valence-electron chi connectivity index (χ0n) is 10.6. The zero-order chi connectivity index (χ0) is 14.1. The van der Waals surface area contributed by atoms with E-state index in [9.17, 15) is 5.11 Å². The Bertz CT molecular complexity index is 811. The lowest BCUT2D eigenvalue weighted by molar-refractivity contribution is 0.482. The number of aromatic hydroxyl groups is 1. The molecule has 0 bridgehead atoms. The van der Waals surface area contributed by atoms with Crippen LogP contribution in [0.3, 0.4) is 0 Å². The average molecular weight is 301 g/mol. The van der Waals surface area contributed by atoms with E-state index in [0.29, 0.717) is 16.2 Å². The maximum Gasteiger partial charge on any atom is 0.230 e. The predicted octanol–water partition coefficient (Wildman–Crippen LogP) is 5.01. The van der Waals surface area contributed by atoms with Crippen LogP contribution in [-0.4, -0.2) is 10.1 Å². The van der Waals surface area contributed by atoms with Crippen molar-refractivity contribution in [2.75, 3.05) is 0 Å². The smallest absolute Gasteiger partial charge is 0.230 e. The first-order chi connectivity index (χ1) is 9.65. The van der Waals surface area contributed by atoms with Crippen molar-refractivity contribution in [1.82, 2.24) is 4.98 Å². The Kier molecular flexibility index (Phi) is 3.42. The highest BCUT2D eigenvalue weighted by Crippen LogP contribution is 2.39. The molecule has 3 rings (SSSR count). The van der Waals surface area contributed by atoms with E-state index < -0.39 is 0 Å². The van der Waals surface area contributed by atoms with Crippen molar-refractivity contribution in [2.45, 2.75) is 11.8 Å². The quantitative estimate of drug-likeness (QED) is 0.516. The molecule has 0 aliphatic heterocycles. The van der Waals surface area contributed by atoms with E-state index in [1.54, 1.807) is 12.3 Å². The van der Waals surface area contributed by atoms with Crippen LogP contribution in [0.1, 0.15) is 4.88 Å². The lowest BCUT2D eigenvalue weighted by Crippen LogP contribution is -1.77. The Morgan fingerprint density at radius 3 is 2.65 bits per heavy atom. The molecule has 3 aromatic rings. The van der Waals surface area contributed by atoms with Crippen LogP contribution in [0.15, 0.2) is 51.7 Å². The van der Waals surface area contributed by atoms with Gasteiger partial charge in [0.05, 0.1) is 0 Å². The van der Waals surface area contributed by atoms with Gasteiger partial charge >= 0.3 is 0 Å². The summed E-state index contributed by atoms with van der Waals surface area (Å²) in [5.74, 6) is 0.107. The molecule has 0 atom stereocenters. The normalized spacial score (nSPS) is 11.5. The minimum Gasteiger partial charge on any atom is -0.505 e. The number of thiol groups is 1. The van der Waals surface area contributed by atoms with Gasteiger partial charge in [0.2, 0.25) is 5.13 Å². The highest BCUT2D eigenvalue weighted by molar-refractivity contribution is 7.80. The van der Waals surface area contributed by atoms with Gasteiger partial charge in [0.1, 0.15) is 5.69 Å². The Morgan fingerprint density at radius 1 is 1.20 bits per heavy atom. The minimum absolute atomic E-state index is 0.107. The van der Waals surface area contributed by atoms with Gasteiger partial charge in [-0.2, -0.15) is 0 Å². The molecule has 20 heavy (non-hydrogen) atoms. The lowest BCUT2D eigenvalue weighted by atomic mass is 10.1. The summed E-state index contributed by atoms with van der Waals surface area (Å²) in [5.41, 5.74) is 0.390. The summed E-state index contributed by atoms with van der Waals surface area (Å²) < 4.78 is 0. The molecule has 0 aliphatic rings. The van der Waals surface area contributed by atoms with Crippen molar-refractivity contribution in [1.29, 1.82) is 0 Å². The molecule has 0 amide bonds. The van der Waals surface area contributed by atoms with Gasteiger partial charge in [-0.25, -0.2) is 4.98 Å². The number of hydrogen-bond acceptors (Lipinski definition) is 6. The molecule has 0 radical (unpaired) electrons. The number of phenolic OH excluding ortho intramolecular Hbond substituents is 1. The van der Waals surface area contributed by atoms with E-state index in [4.69, 9.17) is 0 Å². The van der Waals surface area contributed by atoms with Gasteiger partial charge in [0.25, 0.3) is 0 Å². The zero-order valence-corrected chi connectivity index (χ0v) is 12.3. The van der Waals surface area contributed by atoms with Crippen LogP contribution in [0.4, 0.5) is 10.8 Å². The molecule has 0 unspecified atom stereocenters. The summed E-state index contributed by atoms with van der Waals surface area (Å²) in [6.07, 6.45) is 1.74. The van der Waals surface area contributed by atoms with Crippen molar-refractivity contribution in [3.8, 4) is 5.75 Å². The number of nitrogens with zero attached hydrogens (tertiary/aromatic N) is 3. The second-order valence-corrected chi connectivity index (χ2v) is 5.96. The maximum absolute atomic E-state index is 10.3. The Morgan fingerprint density at radius 2 is 1.95 bits per heavy atom. The first-order valence-electron chi connectivity index (χ1n) is 5.93. The third kappa shape index (κ3) is 2.39. The molecule has 6 heteroatoms. The molecular formula is C14H11N3OS2. The Labute approximate surface area is 125 Å². The van der Waals surface area contributed by atoms with Gasteiger partial charge < -0.3 is 5.11 Å². The molecular weight excluding hydrogens is 290 g/mol. The molecule has 1 heterocycles. The van der Waals surface area contributed by atoms with Crippen molar-refractivity contribution < 1.29 is 5.11 Å². The minimum atomic E-state index is 0.107. The highest BCUT2D eigenvalue weighted by atomic mass is 32.1. The number of aryl methyl sites for hydroxylation is 1. The first-order valence-corrected chi connectivity index (χ1v) is 7.19. The lowest BCUT2D eigenvalue weighted by Gasteiger charge is -2.06. The number of benzene rings is 2. The van der Waals surface area contributed by atoms with E-state index >= 15 is 0 Å². The van der Waals surface area contributed by atoms with Crippen LogP contribution in [0.25, 0.3) is 10.8 Å². The van der Waals surface area contributed by atoms with Crippen molar-refractivity contribution in [2.24, 2.45) is 10.2 Å². The van der Waals surface area contributed by atoms with Crippen LogP contribution in [0, 0.1) is 6.92 Å². The molecule has 2 aromatic carbocycles. The largest absolute Gasteiger partial charge is 0.505 e. The van der Waals surface area contributed by atoms with Gasteiger partial charge in [-0.3, -0.25) is 0 Å². The summed E-state index contributed by atoms with van der Waals surface area (Å²) >= 11 is 5.87. The second-order valence-electron chi connectivity index (χ2n) is 4.26. The van der Waals surface area contributed by atoms with Gasteiger partial charge in [-0.1, -0.05) is 35.6 Å². The molecule has 100 valence electrons. The Hall–Kier alpha value is -1.92. The molecule has 1 N–H and O–H groups in total. The monoisotopic (exact) mass is 301 g/mol. The number of fused-ring (bicyclic) bond motifs is 1. The van der Waals surface area contributed by atoms with Gasteiger partial charge in [-0.05, 0) is 18.4 Å². The molecule has 0 fully saturated rings. The predicted molar refractivity (Wildman–Crippen MR) is 83.9 cm³/mol. The number of phenols is 1.